The second-order valence-electron chi connectivity index (χ2n) is 11.1. The van der Waals surface area contributed by atoms with Gasteiger partial charge in [0.2, 0.25) is 10.0 Å². The number of rotatable bonds is 5. The highest BCUT2D eigenvalue weighted by atomic mass is 32.2. The molecule has 0 N–H and O–H groups in total. The molecule has 1 saturated heterocycles. The zero-order chi connectivity index (χ0) is 27.4. The number of ether oxygens (including phenoxy) is 2. The molecule has 0 unspecified atom stereocenters. The van der Waals surface area contributed by atoms with E-state index in [1.807, 2.05) is 74.5 Å². The maximum atomic E-state index is 13.8. The first kappa shape index (κ1) is 26.0. The van der Waals surface area contributed by atoms with Crippen molar-refractivity contribution in [3.8, 4) is 0 Å². The van der Waals surface area contributed by atoms with Gasteiger partial charge in [-0.25, -0.2) is 8.42 Å². The van der Waals surface area contributed by atoms with Crippen LogP contribution < -0.4 is 0 Å². The van der Waals surface area contributed by atoms with Crippen molar-refractivity contribution in [1.82, 2.24) is 4.31 Å². The molecule has 7 heteroatoms. The van der Waals surface area contributed by atoms with Crippen LogP contribution in [0.4, 0.5) is 0 Å². The standard InChI is InChI=1S/C32H33NO5S/c1-4-37-30(34)27-18-23-10-8-9-13-26(23)29-28-19-33(39(35,36)25-16-14-22(2)15-17-25)20-31(28,3)21-38-32(27,29)24-11-6-5-7-12-24/h5-17,27H,4,18-21H2,1-3H3/t27-,31+,32-/m0/s1. The molecule has 0 spiro atoms. The Morgan fingerprint density at radius 1 is 1.03 bits per heavy atom. The Bertz CT molecular complexity index is 1560. The first-order chi connectivity index (χ1) is 18.7. The fraction of sp³-hybridized carbons (Fsp3) is 0.344. The van der Waals surface area contributed by atoms with Crippen LogP contribution in [0.5, 0.6) is 0 Å². The number of esters is 1. The van der Waals surface area contributed by atoms with Crippen LogP contribution in [0.15, 0.2) is 89.3 Å². The molecule has 0 amide bonds. The van der Waals surface area contributed by atoms with Crippen LogP contribution in [0.1, 0.15) is 36.1 Å². The minimum absolute atomic E-state index is 0.240. The Morgan fingerprint density at radius 2 is 1.72 bits per heavy atom. The van der Waals surface area contributed by atoms with E-state index in [1.165, 1.54) is 0 Å². The van der Waals surface area contributed by atoms with Crippen LogP contribution in [0, 0.1) is 18.3 Å². The second kappa shape index (κ2) is 9.44. The van der Waals surface area contributed by atoms with E-state index in [0.29, 0.717) is 19.6 Å². The predicted octanol–water partition coefficient (Wildman–Crippen LogP) is 5.12. The third kappa shape index (κ3) is 3.98. The normalized spacial score (nSPS) is 26.5. The van der Waals surface area contributed by atoms with E-state index in [2.05, 4.69) is 13.0 Å². The Balaban J connectivity index is 1.59. The number of sulfonamides is 1. The first-order valence-electron chi connectivity index (χ1n) is 13.5. The lowest BCUT2D eigenvalue weighted by molar-refractivity contribution is -0.163. The number of carbonyl (C=O) groups is 1. The Hall–Kier alpha value is -3.26. The largest absolute Gasteiger partial charge is 0.466 e. The predicted molar refractivity (Wildman–Crippen MR) is 149 cm³/mol. The third-order valence-corrected chi connectivity index (χ3v) is 10.3. The van der Waals surface area contributed by atoms with Crippen LogP contribution in [0.3, 0.4) is 0 Å². The molecular weight excluding hydrogens is 510 g/mol. The molecule has 0 aromatic heterocycles. The van der Waals surface area contributed by atoms with Gasteiger partial charge in [-0.2, -0.15) is 4.31 Å². The SMILES string of the molecule is CCOC(=O)[C@@H]1Cc2ccccc2C2=C3CN(S(=O)(=O)c4ccc(C)cc4)C[C@]3(C)CO[C@]21c1ccccc1. The van der Waals surface area contributed by atoms with Crippen molar-refractivity contribution in [1.29, 1.82) is 0 Å². The number of hydrogen-bond acceptors (Lipinski definition) is 5. The summed E-state index contributed by atoms with van der Waals surface area (Å²) in [5, 5.41) is 0. The lowest BCUT2D eigenvalue weighted by Gasteiger charge is -2.51. The van der Waals surface area contributed by atoms with Crippen LogP contribution in [0.2, 0.25) is 0 Å². The van der Waals surface area contributed by atoms with Gasteiger partial charge in [0.1, 0.15) is 5.60 Å². The van der Waals surface area contributed by atoms with Gasteiger partial charge in [0.15, 0.2) is 0 Å². The number of aryl methyl sites for hydroxylation is 1. The van der Waals surface area contributed by atoms with Crippen molar-refractivity contribution in [2.45, 2.75) is 37.7 Å². The molecular formula is C32H33NO5S. The third-order valence-electron chi connectivity index (χ3n) is 8.51. The van der Waals surface area contributed by atoms with Gasteiger partial charge in [-0.3, -0.25) is 4.79 Å². The minimum atomic E-state index is -3.74. The number of nitrogens with zero attached hydrogens (tertiary/aromatic N) is 1. The highest BCUT2D eigenvalue weighted by Gasteiger charge is 2.60. The average molecular weight is 544 g/mol. The molecule has 39 heavy (non-hydrogen) atoms. The summed E-state index contributed by atoms with van der Waals surface area (Å²) < 4.78 is 41.8. The van der Waals surface area contributed by atoms with Gasteiger partial charge in [0.25, 0.3) is 0 Å². The molecule has 0 bridgehead atoms. The van der Waals surface area contributed by atoms with Crippen LogP contribution in [0.25, 0.3) is 5.57 Å². The summed E-state index contributed by atoms with van der Waals surface area (Å²) in [5.41, 5.74) is 4.22. The van der Waals surface area contributed by atoms with Crippen LogP contribution in [-0.2, 0) is 36.3 Å². The molecule has 1 fully saturated rings. The summed E-state index contributed by atoms with van der Waals surface area (Å²) in [6.45, 7) is 6.93. The number of fused-ring (bicyclic) bond motifs is 4. The van der Waals surface area contributed by atoms with E-state index in [-0.39, 0.29) is 24.0 Å². The molecule has 2 heterocycles. The number of carbonyl (C=O) groups excluding carboxylic acids is 1. The highest BCUT2D eigenvalue weighted by Crippen LogP contribution is 2.60. The fourth-order valence-electron chi connectivity index (χ4n) is 6.57. The molecule has 6 nitrogen and oxygen atoms in total. The molecule has 3 aromatic carbocycles. The maximum Gasteiger partial charge on any atom is 0.312 e. The monoisotopic (exact) mass is 543 g/mol. The Kier molecular flexibility index (Phi) is 6.29. The second-order valence-corrected chi connectivity index (χ2v) is 13.0. The molecule has 6 rings (SSSR count). The molecule has 0 radical (unpaired) electrons. The maximum absolute atomic E-state index is 13.8. The molecule has 0 saturated carbocycles. The zero-order valence-corrected chi connectivity index (χ0v) is 23.3. The smallest absolute Gasteiger partial charge is 0.312 e. The Morgan fingerprint density at radius 3 is 2.44 bits per heavy atom. The van der Waals surface area contributed by atoms with Gasteiger partial charge >= 0.3 is 5.97 Å². The van der Waals surface area contributed by atoms with E-state index in [0.717, 1.165) is 33.4 Å². The van der Waals surface area contributed by atoms with Crippen molar-refractivity contribution in [3.05, 3.63) is 107 Å². The molecule has 202 valence electrons. The van der Waals surface area contributed by atoms with Gasteiger partial charge in [0.05, 0.1) is 24.0 Å². The van der Waals surface area contributed by atoms with E-state index in [1.54, 1.807) is 16.4 Å². The number of benzene rings is 3. The minimum Gasteiger partial charge on any atom is -0.466 e. The lowest BCUT2D eigenvalue weighted by atomic mass is 9.61. The number of hydrogen-bond donors (Lipinski definition) is 0. The summed E-state index contributed by atoms with van der Waals surface area (Å²) in [7, 11) is -3.74. The molecule has 2 aliphatic heterocycles. The van der Waals surface area contributed by atoms with Crippen LogP contribution in [-0.4, -0.2) is 45.0 Å². The van der Waals surface area contributed by atoms with Crippen molar-refractivity contribution >= 4 is 21.6 Å². The van der Waals surface area contributed by atoms with Gasteiger partial charge < -0.3 is 9.47 Å². The molecule has 1 aliphatic carbocycles. The summed E-state index contributed by atoms with van der Waals surface area (Å²) in [5.74, 6) is -0.913. The summed E-state index contributed by atoms with van der Waals surface area (Å²) in [6, 6.07) is 24.9. The van der Waals surface area contributed by atoms with Gasteiger partial charge in [-0.15, -0.1) is 0 Å². The zero-order valence-electron chi connectivity index (χ0n) is 22.5. The quantitative estimate of drug-likeness (QED) is 0.418. The fourth-order valence-corrected chi connectivity index (χ4v) is 8.10. The van der Waals surface area contributed by atoms with Gasteiger partial charge in [0, 0.05) is 18.5 Å². The average Bonchev–Trinajstić information content (AvgIpc) is 3.31. The highest BCUT2D eigenvalue weighted by molar-refractivity contribution is 7.89. The summed E-state index contributed by atoms with van der Waals surface area (Å²) >= 11 is 0. The van der Waals surface area contributed by atoms with E-state index < -0.39 is 27.0 Å². The van der Waals surface area contributed by atoms with Gasteiger partial charge in [-0.05, 0) is 60.2 Å². The van der Waals surface area contributed by atoms with Crippen molar-refractivity contribution < 1.29 is 22.7 Å². The summed E-state index contributed by atoms with van der Waals surface area (Å²) in [6.07, 6.45) is 0.475. The first-order valence-corrected chi connectivity index (χ1v) is 14.9. The van der Waals surface area contributed by atoms with Crippen LogP contribution >= 0.6 is 0 Å². The van der Waals surface area contributed by atoms with Crippen molar-refractivity contribution in [2.24, 2.45) is 11.3 Å². The Labute approximate surface area is 230 Å². The molecule has 3 aliphatic rings. The van der Waals surface area contributed by atoms with E-state index in [4.69, 9.17) is 9.47 Å². The summed E-state index contributed by atoms with van der Waals surface area (Å²) in [4.78, 5) is 13.9. The van der Waals surface area contributed by atoms with Crippen molar-refractivity contribution in [3.63, 3.8) is 0 Å². The van der Waals surface area contributed by atoms with E-state index in [9.17, 15) is 13.2 Å². The lowest BCUT2D eigenvalue weighted by Crippen LogP contribution is -2.53. The topological polar surface area (TPSA) is 72.9 Å². The van der Waals surface area contributed by atoms with E-state index >= 15 is 0 Å². The van der Waals surface area contributed by atoms with Gasteiger partial charge in [-0.1, -0.05) is 79.2 Å². The molecule has 3 atom stereocenters. The van der Waals surface area contributed by atoms with Crippen molar-refractivity contribution in [2.75, 3.05) is 26.3 Å². The molecule has 3 aromatic rings.